The molecular formula is C24H26O10. The van der Waals surface area contributed by atoms with Gasteiger partial charge < -0.3 is 28.4 Å². The number of rotatable bonds is 4. The molecular weight excluding hydrogens is 448 g/mol. The fourth-order valence-corrected chi connectivity index (χ4v) is 4.95. The van der Waals surface area contributed by atoms with Gasteiger partial charge in [-0.15, -0.1) is 0 Å². The molecule has 3 aliphatic rings. The zero-order valence-electron chi connectivity index (χ0n) is 19.6. The van der Waals surface area contributed by atoms with Gasteiger partial charge in [-0.05, 0) is 24.0 Å². The molecule has 0 bridgehead atoms. The van der Waals surface area contributed by atoms with E-state index in [4.69, 9.17) is 28.4 Å². The number of hydrogen-bond donors (Lipinski definition) is 0. The molecule has 1 aromatic rings. The lowest BCUT2D eigenvalue weighted by Gasteiger charge is -2.39. The maximum atomic E-state index is 13.7. The number of hydrogen-bond acceptors (Lipinski definition) is 10. The molecule has 10 nitrogen and oxygen atoms in total. The lowest BCUT2D eigenvalue weighted by molar-refractivity contribution is -0.154. The second kappa shape index (κ2) is 8.66. The van der Waals surface area contributed by atoms with Gasteiger partial charge in [0.15, 0.2) is 11.5 Å². The lowest BCUT2D eigenvalue weighted by atomic mass is 9.63. The molecule has 2 aliphatic heterocycles. The third-order valence-electron chi connectivity index (χ3n) is 6.83. The molecule has 4 unspecified atom stereocenters. The molecule has 1 aromatic carbocycles. The third kappa shape index (κ3) is 3.48. The number of esters is 3. The predicted octanol–water partition coefficient (Wildman–Crippen LogP) is 2.17. The SMILES string of the molecule is COC(=O)/C=C1/CC(C)C(C)C(OC(C)=O)c2cc3c(c4c2C1(C(=O)C(=O)OC)CO4)OCO3. The van der Waals surface area contributed by atoms with Gasteiger partial charge in [-0.25, -0.2) is 9.59 Å². The Kier molecular flexibility index (Phi) is 6.01. The molecule has 0 radical (unpaired) electrons. The Labute approximate surface area is 196 Å². The van der Waals surface area contributed by atoms with E-state index in [1.165, 1.54) is 20.1 Å². The Morgan fingerprint density at radius 3 is 2.44 bits per heavy atom. The largest absolute Gasteiger partial charge is 0.487 e. The van der Waals surface area contributed by atoms with E-state index in [0.29, 0.717) is 22.4 Å². The molecule has 0 fully saturated rings. The molecule has 0 aromatic heterocycles. The zero-order valence-corrected chi connectivity index (χ0v) is 19.6. The lowest BCUT2D eigenvalue weighted by Crippen LogP contribution is -2.47. The fourth-order valence-electron chi connectivity index (χ4n) is 4.95. The van der Waals surface area contributed by atoms with Crippen molar-refractivity contribution in [3.05, 3.63) is 28.8 Å². The molecule has 0 amide bonds. The first-order chi connectivity index (χ1) is 16.1. The van der Waals surface area contributed by atoms with Crippen molar-refractivity contribution in [3.8, 4) is 17.2 Å². The summed E-state index contributed by atoms with van der Waals surface area (Å²) >= 11 is 0. The van der Waals surface area contributed by atoms with Crippen molar-refractivity contribution in [2.24, 2.45) is 11.8 Å². The van der Waals surface area contributed by atoms with Crippen LogP contribution in [0.4, 0.5) is 0 Å². The second-order valence-corrected chi connectivity index (χ2v) is 8.68. The van der Waals surface area contributed by atoms with Gasteiger partial charge in [0.1, 0.15) is 18.1 Å². The van der Waals surface area contributed by atoms with Crippen LogP contribution in [0.3, 0.4) is 0 Å². The molecule has 4 rings (SSSR count). The van der Waals surface area contributed by atoms with Crippen LogP contribution in [0.15, 0.2) is 17.7 Å². The minimum absolute atomic E-state index is 0.0679. The van der Waals surface area contributed by atoms with Gasteiger partial charge in [-0.2, -0.15) is 0 Å². The maximum Gasteiger partial charge on any atom is 0.375 e. The van der Waals surface area contributed by atoms with Gasteiger partial charge in [0.05, 0.1) is 14.2 Å². The molecule has 2 heterocycles. The van der Waals surface area contributed by atoms with E-state index in [0.717, 1.165) is 7.11 Å². The number of carbonyl (C=O) groups excluding carboxylic acids is 4. The summed E-state index contributed by atoms with van der Waals surface area (Å²) in [6, 6.07) is 1.65. The van der Waals surface area contributed by atoms with Crippen molar-refractivity contribution < 1.29 is 47.6 Å². The van der Waals surface area contributed by atoms with Crippen LogP contribution in [-0.2, 0) is 38.8 Å². The highest BCUT2D eigenvalue weighted by Gasteiger charge is 2.58. The van der Waals surface area contributed by atoms with E-state index < -0.39 is 35.2 Å². The fraction of sp³-hybridized carbons (Fsp3) is 0.500. The molecule has 34 heavy (non-hydrogen) atoms. The highest BCUT2D eigenvalue weighted by Crippen LogP contribution is 2.59. The summed E-state index contributed by atoms with van der Waals surface area (Å²) in [5.74, 6) is -2.76. The molecule has 0 saturated heterocycles. The van der Waals surface area contributed by atoms with Gasteiger partial charge in [-0.3, -0.25) is 9.59 Å². The second-order valence-electron chi connectivity index (χ2n) is 8.68. The van der Waals surface area contributed by atoms with Crippen molar-refractivity contribution >= 4 is 23.7 Å². The van der Waals surface area contributed by atoms with E-state index in [2.05, 4.69) is 0 Å². The monoisotopic (exact) mass is 474 g/mol. The van der Waals surface area contributed by atoms with Gasteiger partial charge >= 0.3 is 17.9 Å². The summed E-state index contributed by atoms with van der Waals surface area (Å²) in [5, 5.41) is 0. The highest BCUT2D eigenvalue weighted by molar-refractivity contribution is 6.38. The molecule has 0 spiro atoms. The number of ether oxygens (including phenoxy) is 6. The van der Waals surface area contributed by atoms with Crippen molar-refractivity contribution in [1.29, 1.82) is 0 Å². The minimum Gasteiger partial charge on any atom is -0.487 e. The number of benzene rings is 1. The van der Waals surface area contributed by atoms with E-state index in [-0.39, 0.29) is 43.2 Å². The molecule has 1 aliphatic carbocycles. The number of ketones is 1. The summed E-state index contributed by atoms with van der Waals surface area (Å²) < 4.78 is 32.6. The van der Waals surface area contributed by atoms with E-state index in [9.17, 15) is 19.2 Å². The van der Waals surface area contributed by atoms with Gasteiger partial charge in [0, 0.05) is 30.0 Å². The quantitative estimate of drug-likeness (QED) is 0.278. The topological polar surface area (TPSA) is 124 Å². The van der Waals surface area contributed by atoms with Crippen LogP contribution in [0.5, 0.6) is 17.2 Å². The van der Waals surface area contributed by atoms with E-state index in [1.807, 2.05) is 13.8 Å². The minimum atomic E-state index is -1.71. The smallest absolute Gasteiger partial charge is 0.375 e. The summed E-state index contributed by atoms with van der Waals surface area (Å²) in [7, 11) is 2.33. The summed E-state index contributed by atoms with van der Waals surface area (Å²) in [4.78, 5) is 50.8. The average Bonchev–Trinajstić information content (AvgIpc) is 3.44. The van der Waals surface area contributed by atoms with E-state index >= 15 is 0 Å². The van der Waals surface area contributed by atoms with Crippen LogP contribution < -0.4 is 14.2 Å². The van der Waals surface area contributed by atoms with Gasteiger partial charge in [0.2, 0.25) is 12.5 Å². The molecule has 0 N–H and O–H groups in total. The number of methoxy groups -OCH3 is 2. The molecule has 0 saturated carbocycles. The Bertz CT molecular complexity index is 1100. The highest BCUT2D eigenvalue weighted by atomic mass is 16.7. The third-order valence-corrected chi connectivity index (χ3v) is 6.83. The number of Topliss-reactive ketones (excluding diaryl/α,β-unsaturated/α-hetero) is 1. The molecule has 10 heteroatoms. The first kappa shape index (κ1) is 23.6. The Morgan fingerprint density at radius 1 is 1.06 bits per heavy atom. The molecule has 4 atom stereocenters. The Hall–Kier alpha value is -3.56. The number of fused-ring (bicyclic) bond motifs is 2. The standard InChI is InChI=1S/C24H26O10/c1-11-6-14(7-17(26)29-4)24(22(27)23(28)30-5)9-31-21-18(24)15(8-16-20(21)33-10-32-16)19(12(11)2)34-13(3)25/h7-8,11-12,19H,6,9-10H2,1-5H3/b14-7-. The normalized spacial score (nSPS) is 27.7. The zero-order chi connectivity index (χ0) is 24.8. The van der Waals surface area contributed by atoms with Gasteiger partial charge in [-0.1, -0.05) is 13.8 Å². The summed E-state index contributed by atoms with van der Waals surface area (Å²) in [6.45, 7) is 4.78. The van der Waals surface area contributed by atoms with Crippen LogP contribution in [0, 0.1) is 11.8 Å². The summed E-state index contributed by atoms with van der Waals surface area (Å²) in [6.07, 6.45) is 0.679. The van der Waals surface area contributed by atoms with Crippen molar-refractivity contribution in [1.82, 2.24) is 0 Å². The van der Waals surface area contributed by atoms with Crippen molar-refractivity contribution in [2.45, 2.75) is 38.7 Å². The van der Waals surface area contributed by atoms with Crippen LogP contribution in [0.2, 0.25) is 0 Å². The van der Waals surface area contributed by atoms with Crippen LogP contribution in [0.25, 0.3) is 0 Å². The predicted molar refractivity (Wildman–Crippen MR) is 114 cm³/mol. The average molecular weight is 474 g/mol. The van der Waals surface area contributed by atoms with Crippen LogP contribution in [0.1, 0.15) is 44.4 Å². The van der Waals surface area contributed by atoms with Crippen LogP contribution in [-0.4, -0.2) is 51.3 Å². The molecule has 182 valence electrons. The van der Waals surface area contributed by atoms with E-state index in [1.54, 1.807) is 6.07 Å². The summed E-state index contributed by atoms with van der Waals surface area (Å²) in [5.41, 5.74) is -0.625. The Morgan fingerprint density at radius 2 is 1.79 bits per heavy atom. The first-order valence-corrected chi connectivity index (χ1v) is 10.8. The van der Waals surface area contributed by atoms with Gasteiger partial charge in [0.25, 0.3) is 5.78 Å². The van der Waals surface area contributed by atoms with Crippen molar-refractivity contribution in [3.63, 3.8) is 0 Å². The number of carbonyl (C=O) groups is 4. The van der Waals surface area contributed by atoms with Crippen LogP contribution >= 0.6 is 0 Å². The Balaban J connectivity index is 2.11. The first-order valence-electron chi connectivity index (χ1n) is 10.8. The van der Waals surface area contributed by atoms with Crippen molar-refractivity contribution in [2.75, 3.05) is 27.6 Å². The maximum absolute atomic E-state index is 13.7.